The van der Waals surface area contributed by atoms with E-state index in [1.54, 1.807) is 24.3 Å². The Kier molecular flexibility index (Phi) is 8.01. The van der Waals surface area contributed by atoms with Gasteiger partial charge in [0.15, 0.2) is 4.33 Å². The second kappa shape index (κ2) is 9.23. The molecule has 2 N–H and O–H groups in total. The highest BCUT2D eigenvalue weighted by Gasteiger charge is 2.33. The van der Waals surface area contributed by atoms with E-state index in [1.165, 1.54) is 0 Å². The first-order chi connectivity index (χ1) is 10.3. The first kappa shape index (κ1) is 19.1. The largest absolute Gasteiger partial charge is 0.462 e. The highest BCUT2D eigenvalue weighted by molar-refractivity contribution is 6.58. The first-order valence-electron chi connectivity index (χ1n) is 6.87. The van der Waals surface area contributed by atoms with E-state index in [0.717, 1.165) is 6.42 Å². The fraction of sp³-hybridized carbons (Fsp3) is 0.467. The normalized spacial score (nSPS) is 12.7. The van der Waals surface area contributed by atoms with E-state index in [2.05, 4.69) is 0 Å². The van der Waals surface area contributed by atoms with Crippen molar-refractivity contribution in [1.29, 1.82) is 0 Å². The maximum absolute atomic E-state index is 11.7. The van der Waals surface area contributed by atoms with E-state index in [0.29, 0.717) is 25.0 Å². The number of ether oxygens (including phenoxy) is 1. The standard InChI is InChI=1S/C15H18Cl3NO3/c16-12(10-15(17,18)14(19)21)8-4-5-9-22-13(20)11-6-2-1-3-7-11/h1-3,6-7,12H,4-5,8-10H2,(H2,19,21). The molecule has 0 saturated carbocycles. The lowest BCUT2D eigenvalue weighted by molar-refractivity contribution is -0.118. The summed E-state index contributed by atoms with van der Waals surface area (Å²) in [6.45, 7) is 0.306. The van der Waals surface area contributed by atoms with Gasteiger partial charge in [-0.1, -0.05) is 41.4 Å². The third-order valence-electron chi connectivity index (χ3n) is 2.99. The first-order valence-corrected chi connectivity index (χ1v) is 8.06. The van der Waals surface area contributed by atoms with Gasteiger partial charge < -0.3 is 10.5 Å². The minimum atomic E-state index is -1.65. The minimum absolute atomic E-state index is 0.0802. The zero-order valence-corrected chi connectivity index (χ0v) is 14.2. The van der Waals surface area contributed by atoms with Crippen molar-refractivity contribution in [3.63, 3.8) is 0 Å². The Labute approximate surface area is 144 Å². The molecule has 0 aliphatic rings. The van der Waals surface area contributed by atoms with E-state index in [-0.39, 0.29) is 17.8 Å². The molecule has 22 heavy (non-hydrogen) atoms. The number of amides is 1. The number of alkyl halides is 3. The number of hydrogen-bond acceptors (Lipinski definition) is 3. The second-order valence-corrected chi connectivity index (χ2v) is 6.97. The molecule has 7 heteroatoms. The van der Waals surface area contributed by atoms with Crippen LogP contribution in [0.4, 0.5) is 0 Å². The van der Waals surface area contributed by atoms with Gasteiger partial charge in [-0.25, -0.2) is 4.79 Å². The number of rotatable bonds is 9. The number of nitrogens with two attached hydrogens (primary N) is 1. The molecular formula is C15H18Cl3NO3. The molecule has 1 amide bonds. The minimum Gasteiger partial charge on any atom is -0.462 e. The predicted octanol–water partition coefficient (Wildman–Crippen LogP) is 3.67. The van der Waals surface area contributed by atoms with Crippen molar-refractivity contribution < 1.29 is 14.3 Å². The number of halogens is 3. The molecular weight excluding hydrogens is 349 g/mol. The highest BCUT2D eigenvalue weighted by Crippen LogP contribution is 2.30. The van der Waals surface area contributed by atoms with Crippen molar-refractivity contribution in [3.8, 4) is 0 Å². The summed E-state index contributed by atoms with van der Waals surface area (Å²) in [4.78, 5) is 22.7. The van der Waals surface area contributed by atoms with Crippen molar-refractivity contribution in [1.82, 2.24) is 0 Å². The lowest BCUT2D eigenvalue weighted by atomic mass is 10.1. The zero-order valence-electron chi connectivity index (χ0n) is 11.9. The molecule has 0 saturated heterocycles. The summed E-state index contributed by atoms with van der Waals surface area (Å²) in [5, 5.41) is -0.368. The maximum Gasteiger partial charge on any atom is 0.338 e. The highest BCUT2D eigenvalue weighted by atomic mass is 35.5. The summed E-state index contributed by atoms with van der Waals surface area (Å²) < 4.78 is 3.49. The van der Waals surface area contributed by atoms with Gasteiger partial charge in [0, 0.05) is 11.8 Å². The topological polar surface area (TPSA) is 69.4 Å². The smallest absolute Gasteiger partial charge is 0.338 e. The molecule has 0 aliphatic carbocycles. The van der Waals surface area contributed by atoms with E-state index in [1.807, 2.05) is 6.07 Å². The zero-order chi connectivity index (χ0) is 16.6. The SMILES string of the molecule is NC(=O)C(Cl)(Cl)CC(Cl)CCCCOC(=O)c1ccccc1. The quantitative estimate of drug-likeness (QED) is 0.412. The van der Waals surface area contributed by atoms with Crippen LogP contribution in [-0.2, 0) is 9.53 Å². The van der Waals surface area contributed by atoms with Crippen LogP contribution in [0.25, 0.3) is 0 Å². The molecule has 4 nitrogen and oxygen atoms in total. The maximum atomic E-state index is 11.7. The van der Waals surface area contributed by atoms with Gasteiger partial charge in [0.25, 0.3) is 5.91 Å². The average molecular weight is 367 g/mol. The molecule has 0 spiro atoms. The number of hydrogen-bond donors (Lipinski definition) is 1. The molecule has 1 aromatic rings. The third kappa shape index (κ3) is 6.86. The van der Waals surface area contributed by atoms with Crippen LogP contribution in [0.2, 0.25) is 0 Å². The van der Waals surface area contributed by atoms with Gasteiger partial charge in [-0.3, -0.25) is 4.79 Å². The molecule has 0 radical (unpaired) electrons. The van der Waals surface area contributed by atoms with Crippen LogP contribution < -0.4 is 5.73 Å². The number of unbranched alkanes of at least 4 members (excludes halogenated alkanes) is 1. The molecule has 1 atom stereocenters. The summed E-state index contributed by atoms with van der Waals surface area (Å²) in [5.74, 6) is -1.16. The van der Waals surface area contributed by atoms with Crippen molar-refractivity contribution in [2.45, 2.75) is 35.4 Å². The van der Waals surface area contributed by atoms with Crippen molar-refractivity contribution in [2.75, 3.05) is 6.61 Å². The molecule has 1 unspecified atom stereocenters. The molecule has 0 bridgehead atoms. The molecule has 122 valence electrons. The average Bonchev–Trinajstić information content (AvgIpc) is 2.47. The Bertz CT molecular complexity index is 494. The number of benzene rings is 1. The molecule has 0 fully saturated rings. The second-order valence-electron chi connectivity index (χ2n) is 4.87. The lowest BCUT2D eigenvalue weighted by Gasteiger charge is -2.18. The Morgan fingerprint density at radius 3 is 2.41 bits per heavy atom. The number of carbonyl (C=O) groups is 2. The van der Waals surface area contributed by atoms with Gasteiger partial charge in [0.05, 0.1) is 12.2 Å². The van der Waals surface area contributed by atoms with E-state index >= 15 is 0 Å². The van der Waals surface area contributed by atoms with Crippen LogP contribution in [0.15, 0.2) is 30.3 Å². The van der Waals surface area contributed by atoms with Crippen LogP contribution in [0.5, 0.6) is 0 Å². The summed E-state index contributed by atoms with van der Waals surface area (Å²) in [5.41, 5.74) is 5.59. The predicted molar refractivity (Wildman–Crippen MR) is 88.5 cm³/mol. The number of esters is 1. The summed E-state index contributed by atoms with van der Waals surface area (Å²) in [6.07, 6.45) is 2.06. The molecule has 0 aromatic heterocycles. The van der Waals surface area contributed by atoms with Gasteiger partial charge in [-0.15, -0.1) is 11.6 Å². The third-order valence-corrected chi connectivity index (χ3v) is 4.05. The monoisotopic (exact) mass is 365 g/mol. The van der Waals surface area contributed by atoms with Crippen LogP contribution in [-0.4, -0.2) is 28.2 Å². The Morgan fingerprint density at radius 1 is 1.18 bits per heavy atom. The molecule has 1 aromatic carbocycles. The Hall–Kier alpha value is -0.970. The van der Waals surface area contributed by atoms with Gasteiger partial charge >= 0.3 is 5.97 Å². The van der Waals surface area contributed by atoms with Crippen molar-refractivity contribution in [3.05, 3.63) is 35.9 Å². The fourth-order valence-corrected chi connectivity index (χ4v) is 2.69. The molecule has 0 heterocycles. The van der Waals surface area contributed by atoms with Gasteiger partial charge in [0.2, 0.25) is 0 Å². The van der Waals surface area contributed by atoms with Gasteiger partial charge in [0.1, 0.15) is 0 Å². The number of carbonyl (C=O) groups excluding carboxylic acids is 2. The number of primary amides is 1. The van der Waals surface area contributed by atoms with Gasteiger partial charge in [-0.05, 0) is 31.4 Å². The molecule has 1 rings (SSSR count). The van der Waals surface area contributed by atoms with Gasteiger partial charge in [-0.2, -0.15) is 0 Å². The van der Waals surface area contributed by atoms with Crippen molar-refractivity contribution in [2.24, 2.45) is 5.73 Å². The molecule has 0 aliphatic heterocycles. The Balaban J connectivity index is 2.18. The summed E-state index contributed by atoms with van der Waals surface area (Å²) >= 11 is 17.6. The van der Waals surface area contributed by atoms with Crippen molar-refractivity contribution >= 4 is 46.7 Å². The van der Waals surface area contributed by atoms with Crippen LogP contribution >= 0.6 is 34.8 Å². The Morgan fingerprint density at radius 2 is 1.82 bits per heavy atom. The summed E-state index contributed by atoms with van der Waals surface area (Å²) in [7, 11) is 0. The van der Waals surface area contributed by atoms with E-state index in [4.69, 9.17) is 45.3 Å². The van der Waals surface area contributed by atoms with Crippen LogP contribution in [0, 0.1) is 0 Å². The fourth-order valence-electron chi connectivity index (χ4n) is 1.77. The van der Waals surface area contributed by atoms with E-state index < -0.39 is 10.2 Å². The lowest BCUT2D eigenvalue weighted by Crippen LogP contribution is -2.35. The summed E-state index contributed by atoms with van der Waals surface area (Å²) in [6, 6.07) is 8.77. The van der Waals surface area contributed by atoms with E-state index in [9.17, 15) is 9.59 Å². The van der Waals surface area contributed by atoms with Crippen LogP contribution in [0.3, 0.4) is 0 Å². The van der Waals surface area contributed by atoms with Crippen LogP contribution in [0.1, 0.15) is 36.0 Å².